The second-order valence-corrected chi connectivity index (χ2v) is 4.97. The van der Waals surface area contributed by atoms with Gasteiger partial charge in [-0.3, -0.25) is 5.41 Å². The van der Waals surface area contributed by atoms with Crippen molar-refractivity contribution in [2.75, 3.05) is 0 Å². The van der Waals surface area contributed by atoms with Crippen molar-refractivity contribution in [1.82, 2.24) is 4.98 Å². The molecule has 0 saturated carbocycles. The molecule has 1 aromatic carbocycles. The molecule has 0 unspecified atom stereocenters. The van der Waals surface area contributed by atoms with Gasteiger partial charge in [0, 0.05) is 21.8 Å². The highest BCUT2D eigenvalue weighted by Gasteiger charge is 2.13. The van der Waals surface area contributed by atoms with Crippen LogP contribution in [0.1, 0.15) is 11.3 Å². The lowest BCUT2D eigenvalue weighted by molar-refractivity contribution is 0.404. The van der Waals surface area contributed by atoms with Gasteiger partial charge < -0.3 is 10.5 Å². The molecule has 104 valence electrons. The number of nitrogen functional groups attached to an aromatic ring is 1. The van der Waals surface area contributed by atoms with Gasteiger partial charge in [0.2, 0.25) is 11.7 Å². The Balaban J connectivity index is 2.42. The van der Waals surface area contributed by atoms with E-state index in [9.17, 15) is 8.78 Å². The Bertz CT molecular complexity index is 692. The fourth-order valence-electron chi connectivity index (χ4n) is 1.57. The van der Waals surface area contributed by atoms with E-state index in [-0.39, 0.29) is 17.5 Å². The molecule has 0 aliphatic rings. The van der Waals surface area contributed by atoms with Crippen LogP contribution < -0.4 is 10.5 Å². The number of rotatable bonds is 3. The minimum Gasteiger partial charge on any atom is -0.436 e. The lowest BCUT2D eigenvalue weighted by Gasteiger charge is -2.09. The average molecular weight is 342 g/mol. The van der Waals surface area contributed by atoms with Crippen molar-refractivity contribution < 1.29 is 13.5 Å². The fraction of sp³-hybridized carbons (Fsp3) is 0.0769. The van der Waals surface area contributed by atoms with Crippen LogP contribution in [0.4, 0.5) is 8.78 Å². The van der Waals surface area contributed by atoms with E-state index in [1.165, 1.54) is 12.1 Å². The van der Waals surface area contributed by atoms with Crippen LogP contribution in [0.25, 0.3) is 0 Å². The van der Waals surface area contributed by atoms with Gasteiger partial charge in [-0.1, -0.05) is 15.9 Å². The summed E-state index contributed by atoms with van der Waals surface area (Å²) in [5, 5.41) is 7.37. The Morgan fingerprint density at radius 3 is 2.65 bits per heavy atom. The molecular formula is C13H10BrF2N3O. The molecule has 2 rings (SSSR count). The van der Waals surface area contributed by atoms with Crippen LogP contribution in [0.2, 0.25) is 0 Å². The average Bonchev–Trinajstić information content (AvgIpc) is 2.34. The summed E-state index contributed by atoms with van der Waals surface area (Å²) in [6.45, 7) is 1.68. The first-order chi connectivity index (χ1) is 9.36. The molecule has 1 aromatic heterocycles. The van der Waals surface area contributed by atoms with E-state index >= 15 is 0 Å². The lowest BCUT2D eigenvalue weighted by atomic mass is 10.2. The van der Waals surface area contributed by atoms with Crippen molar-refractivity contribution in [1.29, 1.82) is 5.41 Å². The monoisotopic (exact) mass is 341 g/mol. The maximum atomic E-state index is 13.6. The van der Waals surface area contributed by atoms with Crippen molar-refractivity contribution in [3.8, 4) is 11.6 Å². The van der Waals surface area contributed by atoms with Gasteiger partial charge in [-0.25, -0.2) is 9.37 Å². The zero-order valence-corrected chi connectivity index (χ0v) is 12.0. The molecule has 3 N–H and O–H groups in total. The number of nitrogens with one attached hydrogen (secondary N) is 1. The number of halogens is 3. The fourth-order valence-corrected chi connectivity index (χ4v) is 1.97. The third-order valence-electron chi connectivity index (χ3n) is 2.42. The van der Waals surface area contributed by atoms with Crippen LogP contribution in [0.15, 0.2) is 28.7 Å². The maximum Gasteiger partial charge on any atom is 0.220 e. The highest BCUT2D eigenvalue weighted by molar-refractivity contribution is 9.10. The summed E-state index contributed by atoms with van der Waals surface area (Å²) in [6, 6.07) is 5.25. The quantitative estimate of drug-likeness (QED) is 0.509. The summed E-state index contributed by atoms with van der Waals surface area (Å²) in [5.74, 6) is -2.58. The van der Waals surface area contributed by atoms with Gasteiger partial charge in [0.15, 0.2) is 11.6 Å². The molecule has 0 aliphatic heterocycles. The molecule has 0 spiro atoms. The molecule has 0 saturated heterocycles. The third kappa shape index (κ3) is 3.11. The van der Waals surface area contributed by atoms with Crippen LogP contribution in [-0.4, -0.2) is 10.8 Å². The van der Waals surface area contributed by atoms with Crippen LogP contribution in [0.3, 0.4) is 0 Å². The van der Waals surface area contributed by atoms with Gasteiger partial charge in [0.1, 0.15) is 5.84 Å². The molecular weight excluding hydrogens is 332 g/mol. The number of aryl methyl sites for hydroxylation is 1. The van der Waals surface area contributed by atoms with E-state index < -0.39 is 11.6 Å². The first-order valence-corrected chi connectivity index (χ1v) is 6.31. The van der Waals surface area contributed by atoms with Gasteiger partial charge in [-0.15, -0.1) is 0 Å². The number of pyridine rings is 1. The SMILES string of the molecule is Cc1cc(C(=N)N)cc(Oc2cc(Br)cc(F)c2F)n1. The third-order valence-corrected chi connectivity index (χ3v) is 2.87. The summed E-state index contributed by atoms with van der Waals surface area (Å²) in [5.41, 5.74) is 6.32. The topological polar surface area (TPSA) is 72.0 Å². The summed E-state index contributed by atoms with van der Waals surface area (Å²) >= 11 is 3.05. The van der Waals surface area contributed by atoms with E-state index in [1.807, 2.05) is 0 Å². The Morgan fingerprint density at radius 1 is 1.30 bits per heavy atom. The predicted molar refractivity (Wildman–Crippen MR) is 74.1 cm³/mol. The number of nitrogens with zero attached hydrogens (tertiary/aromatic N) is 1. The molecule has 0 atom stereocenters. The first-order valence-electron chi connectivity index (χ1n) is 5.52. The normalized spacial score (nSPS) is 10.4. The molecule has 1 heterocycles. The zero-order chi connectivity index (χ0) is 14.9. The van der Waals surface area contributed by atoms with Gasteiger partial charge in [-0.05, 0) is 25.1 Å². The largest absolute Gasteiger partial charge is 0.436 e. The molecule has 7 heteroatoms. The van der Waals surface area contributed by atoms with Crippen LogP contribution in [0, 0.1) is 24.0 Å². The summed E-state index contributed by atoms with van der Waals surface area (Å²) < 4.78 is 32.5. The summed E-state index contributed by atoms with van der Waals surface area (Å²) in [7, 11) is 0. The van der Waals surface area contributed by atoms with Crippen molar-refractivity contribution in [3.05, 3.63) is 51.6 Å². The summed E-state index contributed by atoms with van der Waals surface area (Å²) in [4.78, 5) is 4.03. The smallest absolute Gasteiger partial charge is 0.220 e. The number of ether oxygens (including phenoxy) is 1. The standard InChI is InChI=1S/C13H10BrF2N3O/c1-6-2-7(13(17)18)3-11(19-6)20-10-5-8(14)4-9(15)12(10)16/h2-5H,1H3,(H3,17,18). The molecule has 0 bridgehead atoms. The van der Waals surface area contributed by atoms with Crippen molar-refractivity contribution in [2.24, 2.45) is 5.73 Å². The minimum absolute atomic E-state index is 0.0339. The second kappa shape index (κ2) is 5.54. The molecule has 0 amide bonds. The highest BCUT2D eigenvalue weighted by Crippen LogP contribution is 2.29. The minimum atomic E-state index is -1.11. The number of aromatic nitrogens is 1. The van der Waals surface area contributed by atoms with E-state index in [1.54, 1.807) is 13.0 Å². The van der Waals surface area contributed by atoms with Crippen molar-refractivity contribution >= 4 is 21.8 Å². The van der Waals surface area contributed by atoms with Crippen LogP contribution in [0.5, 0.6) is 11.6 Å². The first kappa shape index (κ1) is 14.4. The summed E-state index contributed by atoms with van der Waals surface area (Å²) in [6.07, 6.45) is 0. The highest BCUT2D eigenvalue weighted by atomic mass is 79.9. The van der Waals surface area contributed by atoms with Crippen LogP contribution in [-0.2, 0) is 0 Å². The van der Waals surface area contributed by atoms with Crippen molar-refractivity contribution in [2.45, 2.75) is 6.92 Å². The molecule has 0 radical (unpaired) electrons. The number of amidine groups is 1. The number of hydrogen-bond donors (Lipinski definition) is 2. The Kier molecular flexibility index (Phi) is 3.99. The number of hydrogen-bond acceptors (Lipinski definition) is 3. The van der Waals surface area contributed by atoms with E-state index in [0.717, 1.165) is 6.07 Å². The van der Waals surface area contributed by atoms with Gasteiger partial charge in [-0.2, -0.15) is 4.39 Å². The van der Waals surface area contributed by atoms with Gasteiger partial charge in [0.25, 0.3) is 0 Å². The maximum absolute atomic E-state index is 13.6. The Morgan fingerprint density at radius 2 is 2.00 bits per heavy atom. The van der Waals surface area contributed by atoms with E-state index in [4.69, 9.17) is 15.9 Å². The van der Waals surface area contributed by atoms with Crippen molar-refractivity contribution in [3.63, 3.8) is 0 Å². The van der Waals surface area contributed by atoms with E-state index in [0.29, 0.717) is 15.7 Å². The number of benzene rings is 1. The Labute approximate surface area is 122 Å². The van der Waals surface area contributed by atoms with Gasteiger partial charge in [0.05, 0.1) is 0 Å². The molecule has 20 heavy (non-hydrogen) atoms. The van der Waals surface area contributed by atoms with Crippen LogP contribution >= 0.6 is 15.9 Å². The molecule has 4 nitrogen and oxygen atoms in total. The predicted octanol–water partition coefficient (Wildman–Crippen LogP) is 3.51. The Hall–Kier alpha value is -2.02. The molecule has 2 aromatic rings. The molecule has 0 aliphatic carbocycles. The second-order valence-electron chi connectivity index (χ2n) is 4.05. The number of nitrogens with two attached hydrogens (primary N) is 1. The molecule has 0 fully saturated rings. The zero-order valence-electron chi connectivity index (χ0n) is 10.4. The van der Waals surface area contributed by atoms with Gasteiger partial charge >= 0.3 is 0 Å². The van der Waals surface area contributed by atoms with E-state index in [2.05, 4.69) is 20.9 Å². The lowest BCUT2D eigenvalue weighted by Crippen LogP contribution is -2.11.